The first-order valence-electron chi connectivity index (χ1n) is 13.0. The number of piperidine rings is 2. The van der Waals surface area contributed by atoms with Crippen molar-refractivity contribution in [2.45, 2.75) is 70.0 Å². The Bertz CT molecular complexity index is 811. The highest BCUT2D eigenvalue weighted by Gasteiger charge is 2.50. The van der Waals surface area contributed by atoms with Crippen molar-refractivity contribution in [3.05, 3.63) is 35.9 Å². The average Bonchev–Trinajstić information content (AvgIpc) is 3.29. The van der Waals surface area contributed by atoms with Gasteiger partial charge >= 0.3 is 12.1 Å². The molecule has 0 radical (unpaired) electrons. The van der Waals surface area contributed by atoms with Crippen molar-refractivity contribution < 1.29 is 9.59 Å². The summed E-state index contributed by atoms with van der Waals surface area (Å²) in [4.78, 5) is 32.2. The van der Waals surface area contributed by atoms with Crippen molar-refractivity contribution in [2.24, 2.45) is 5.41 Å². The summed E-state index contributed by atoms with van der Waals surface area (Å²) in [5.74, 6) is 0. The Morgan fingerprint density at radius 1 is 0.909 bits per heavy atom. The lowest BCUT2D eigenvalue weighted by Crippen LogP contribution is -2.55. The fourth-order valence-electron chi connectivity index (χ4n) is 6.44. The van der Waals surface area contributed by atoms with Crippen molar-refractivity contribution >= 4 is 12.1 Å². The monoisotopic (exact) mass is 453 g/mol. The zero-order valence-corrected chi connectivity index (χ0v) is 19.8. The first-order chi connectivity index (χ1) is 16.1. The van der Waals surface area contributed by atoms with Gasteiger partial charge in [-0.05, 0) is 69.0 Å². The third-order valence-corrected chi connectivity index (χ3v) is 8.34. The molecule has 7 heteroatoms. The van der Waals surface area contributed by atoms with E-state index in [-0.39, 0.29) is 23.5 Å². The maximum atomic E-state index is 13.1. The van der Waals surface area contributed by atoms with Crippen molar-refractivity contribution in [1.82, 2.24) is 25.3 Å². The second-order valence-corrected chi connectivity index (χ2v) is 10.7. The molecular formula is C26H39N5O2. The molecule has 5 rings (SSSR count). The van der Waals surface area contributed by atoms with Gasteiger partial charge in [-0.1, -0.05) is 36.8 Å². The predicted molar refractivity (Wildman–Crippen MR) is 129 cm³/mol. The molecule has 1 spiro atoms. The lowest BCUT2D eigenvalue weighted by atomic mass is 9.65. The number of likely N-dealkylation sites (tertiary alicyclic amines) is 3. The molecule has 1 aromatic carbocycles. The molecular weight excluding hydrogens is 414 g/mol. The van der Waals surface area contributed by atoms with Crippen molar-refractivity contribution in [2.75, 3.05) is 39.3 Å². The molecule has 0 atom stereocenters. The van der Waals surface area contributed by atoms with E-state index in [1.807, 2.05) is 30.3 Å². The number of benzene rings is 1. The normalized spacial score (nSPS) is 28.5. The van der Waals surface area contributed by atoms with E-state index in [2.05, 4.69) is 25.3 Å². The summed E-state index contributed by atoms with van der Waals surface area (Å²) in [7, 11) is 0. The Morgan fingerprint density at radius 3 is 2.36 bits per heavy atom. The Morgan fingerprint density at radius 2 is 1.64 bits per heavy atom. The highest BCUT2D eigenvalue weighted by atomic mass is 16.2. The maximum absolute atomic E-state index is 13.1. The molecule has 4 fully saturated rings. The van der Waals surface area contributed by atoms with Crippen LogP contribution in [0, 0.1) is 5.41 Å². The van der Waals surface area contributed by atoms with E-state index in [4.69, 9.17) is 0 Å². The predicted octanol–water partition coefficient (Wildman–Crippen LogP) is 3.41. The zero-order valence-electron chi connectivity index (χ0n) is 19.8. The van der Waals surface area contributed by atoms with E-state index in [1.54, 1.807) is 0 Å². The van der Waals surface area contributed by atoms with Gasteiger partial charge in [0.2, 0.25) is 0 Å². The zero-order chi connectivity index (χ0) is 22.7. The van der Waals surface area contributed by atoms with Crippen LogP contribution in [0.4, 0.5) is 9.59 Å². The Balaban J connectivity index is 1.02. The fourth-order valence-corrected chi connectivity index (χ4v) is 6.44. The van der Waals surface area contributed by atoms with Gasteiger partial charge in [0.15, 0.2) is 0 Å². The molecule has 0 unspecified atom stereocenters. The van der Waals surface area contributed by atoms with Gasteiger partial charge in [0.1, 0.15) is 0 Å². The minimum Gasteiger partial charge on any atom is -0.335 e. The second-order valence-electron chi connectivity index (χ2n) is 10.7. The van der Waals surface area contributed by atoms with Crippen LogP contribution in [-0.2, 0) is 6.54 Å². The highest BCUT2D eigenvalue weighted by Crippen LogP contribution is 2.48. The van der Waals surface area contributed by atoms with Gasteiger partial charge in [-0.2, -0.15) is 0 Å². The van der Waals surface area contributed by atoms with Gasteiger partial charge in [0.25, 0.3) is 0 Å². The van der Waals surface area contributed by atoms with Crippen LogP contribution in [0.3, 0.4) is 0 Å². The number of nitrogens with one attached hydrogen (secondary N) is 2. The SMILES string of the molecule is O=C(NCc1ccccc1)NC1CC2(CCN(C(=O)N3CCC(N4CCCCC4)CC3)C2)C1. The van der Waals surface area contributed by atoms with Crippen LogP contribution in [0.1, 0.15) is 56.9 Å². The van der Waals surface area contributed by atoms with Crippen molar-refractivity contribution in [3.8, 4) is 0 Å². The first-order valence-corrected chi connectivity index (χ1v) is 13.0. The Hall–Kier alpha value is -2.28. The van der Waals surface area contributed by atoms with E-state index in [0.717, 1.165) is 63.8 Å². The molecule has 3 aliphatic heterocycles. The molecule has 1 saturated carbocycles. The Labute approximate surface area is 197 Å². The number of hydrogen-bond acceptors (Lipinski definition) is 3. The molecule has 1 aliphatic carbocycles. The summed E-state index contributed by atoms with van der Waals surface area (Å²) in [6.45, 7) is 6.53. The summed E-state index contributed by atoms with van der Waals surface area (Å²) >= 11 is 0. The summed E-state index contributed by atoms with van der Waals surface area (Å²) in [6, 6.07) is 11.0. The van der Waals surface area contributed by atoms with Crippen LogP contribution in [0.2, 0.25) is 0 Å². The Kier molecular flexibility index (Phi) is 6.76. The third kappa shape index (κ3) is 5.29. The second kappa shape index (κ2) is 9.92. The smallest absolute Gasteiger partial charge is 0.320 e. The number of nitrogens with zero attached hydrogens (tertiary/aromatic N) is 3. The van der Waals surface area contributed by atoms with E-state index in [0.29, 0.717) is 12.6 Å². The molecule has 33 heavy (non-hydrogen) atoms. The van der Waals surface area contributed by atoms with Crippen LogP contribution >= 0.6 is 0 Å². The molecule has 0 bridgehead atoms. The molecule has 1 aromatic rings. The van der Waals surface area contributed by atoms with Crippen LogP contribution in [0.25, 0.3) is 0 Å². The van der Waals surface area contributed by atoms with Gasteiger partial charge in [-0.25, -0.2) is 9.59 Å². The first kappa shape index (κ1) is 22.5. The van der Waals surface area contributed by atoms with Gasteiger partial charge < -0.3 is 25.3 Å². The quantitative estimate of drug-likeness (QED) is 0.734. The third-order valence-electron chi connectivity index (χ3n) is 8.34. The van der Waals surface area contributed by atoms with Gasteiger partial charge in [0.05, 0.1) is 0 Å². The van der Waals surface area contributed by atoms with Crippen LogP contribution in [-0.4, -0.2) is 78.1 Å². The topological polar surface area (TPSA) is 67.9 Å². The number of hydrogen-bond donors (Lipinski definition) is 2. The summed E-state index contributed by atoms with van der Waals surface area (Å²) < 4.78 is 0. The highest BCUT2D eigenvalue weighted by molar-refractivity contribution is 5.75. The number of urea groups is 2. The average molecular weight is 454 g/mol. The molecule has 4 aliphatic rings. The number of carbonyl (C=O) groups is 2. The molecule has 3 saturated heterocycles. The fraction of sp³-hybridized carbons (Fsp3) is 0.692. The van der Waals surface area contributed by atoms with Gasteiger partial charge in [-0.3, -0.25) is 0 Å². The van der Waals surface area contributed by atoms with Crippen molar-refractivity contribution in [3.63, 3.8) is 0 Å². The van der Waals surface area contributed by atoms with Crippen molar-refractivity contribution in [1.29, 1.82) is 0 Å². The number of carbonyl (C=O) groups excluding carboxylic acids is 2. The van der Waals surface area contributed by atoms with Crippen LogP contribution in [0.15, 0.2) is 30.3 Å². The van der Waals surface area contributed by atoms with E-state index >= 15 is 0 Å². The number of amides is 4. The standard InChI is InChI=1S/C26H39N5O2/c32-24(27-19-21-7-3-1-4-8-21)28-22-17-26(18-22)11-16-31(20-26)25(33)30-14-9-23(10-15-30)29-12-5-2-6-13-29/h1,3-4,7-8,22-23H,2,5-6,9-20H2,(H2,27,28,32). The minimum absolute atomic E-state index is 0.0961. The molecule has 0 aromatic heterocycles. The summed E-state index contributed by atoms with van der Waals surface area (Å²) in [6.07, 6.45) is 9.30. The van der Waals surface area contributed by atoms with E-state index in [1.165, 1.54) is 32.4 Å². The lowest BCUT2D eigenvalue weighted by molar-refractivity contribution is 0.0782. The van der Waals surface area contributed by atoms with E-state index < -0.39 is 0 Å². The largest absolute Gasteiger partial charge is 0.335 e. The minimum atomic E-state index is -0.0961. The molecule has 4 amide bonds. The van der Waals surface area contributed by atoms with Crippen LogP contribution < -0.4 is 10.6 Å². The lowest BCUT2D eigenvalue weighted by Gasteiger charge is -2.45. The molecule has 7 nitrogen and oxygen atoms in total. The molecule has 2 N–H and O–H groups in total. The van der Waals surface area contributed by atoms with Crippen LogP contribution in [0.5, 0.6) is 0 Å². The van der Waals surface area contributed by atoms with E-state index in [9.17, 15) is 9.59 Å². The maximum Gasteiger partial charge on any atom is 0.320 e. The van der Waals surface area contributed by atoms with Gasteiger partial charge in [0, 0.05) is 44.8 Å². The number of rotatable bonds is 4. The van der Waals surface area contributed by atoms with Gasteiger partial charge in [-0.15, -0.1) is 0 Å². The summed E-state index contributed by atoms with van der Waals surface area (Å²) in [5.41, 5.74) is 1.31. The summed E-state index contributed by atoms with van der Waals surface area (Å²) in [5, 5.41) is 6.06. The molecule has 180 valence electrons. The molecule has 3 heterocycles.